The first-order valence-electron chi connectivity index (χ1n) is 6.04. The molecule has 8 heteroatoms. The molecule has 1 amide bonds. The van der Waals surface area contributed by atoms with Crippen LogP contribution in [0.1, 0.15) is 20.3 Å². The Balaban J connectivity index is 1.93. The van der Waals surface area contributed by atoms with Crippen LogP contribution in [0.5, 0.6) is 0 Å². The fourth-order valence-electron chi connectivity index (χ4n) is 1.60. The molecule has 0 bridgehead atoms. The summed E-state index contributed by atoms with van der Waals surface area (Å²) in [4.78, 5) is 22.8. The first-order chi connectivity index (χ1) is 9.06. The monoisotopic (exact) mass is 264 g/mol. The van der Waals surface area contributed by atoms with Gasteiger partial charge in [-0.05, 0) is 26.0 Å². The average Bonchev–Trinajstić information content (AvgIpc) is 2.70. The molecule has 0 saturated carbocycles. The molecule has 2 aromatic rings. The topological polar surface area (TPSA) is 104 Å². The Hall–Kier alpha value is -2.38. The molecule has 2 rings (SSSR count). The number of aromatic nitrogens is 4. The normalized spacial score (nSPS) is 10.9. The van der Waals surface area contributed by atoms with Gasteiger partial charge in [0.05, 0.1) is 0 Å². The summed E-state index contributed by atoms with van der Waals surface area (Å²) in [6.07, 6.45) is 0.345. The van der Waals surface area contributed by atoms with Crippen molar-refractivity contribution in [1.29, 1.82) is 0 Å². The van der Waals surface area contributed by atoms with Crippen molar-refractivity contribution in [2.75, 3.05) is 11.9 Å². The van der Waals surface area contributed by atoms with E-state index < -0.39 is 5.69 Å². The van der Waals surface area contributed by atoms with E-state index >= 15 is 0 Å². The molecular weight excluding hydrogens is 248 g/mol. The fourth-order valence-corrected chi connectivity index (χ4v) is 1.60. The van der Waals surface area contributed by atoms with Crippen LogP contribution in [0.3, 0.4) is 0 Å². The molecule has 0 aromatic carbocycles. The summed E-state index contributed by atoms with van der Waals surface area (Å²) in [5.41, 5.74) is 0.0595. The minimum atomic E-state index is -0.392. The molecule has 0 fully saturated rings. The summed E-state index contributed by atoms with van der Waals surface area (Å²) in [6, 6.07) is 3.50. The second-order valence-corrected chi connectivity index (χ2v) is 4.42. The molecule has 0 unspecified atom stereocenters. The van der Waals surface area contributed by atoms with Gasteiger partial charge in [-0.15, -0.1) is 5.10 Å². The van der Waals surface area contributed by atoms with Gasteiger partial charge in [0.1, 0.15) is 5.82 Å². The Kier molecular flexibility index (Phi) is 3.79. The predicted molar refractivity (Wildman–Crippen MR) is 70.0 cm³/mol. The Morgan fingerprint density at radius 2 is 2.26 bits per heavy atom. The molecule has 3 N–H and O–H groups in total. The fraction of sp³-hybridized carbons (Fsp3) is 0.455. The van der Waals surface area contributed by atoms with Gasteiger partial charge in [-0.3, -0.25) is 4.79 Å². The maximum Gasteiger partial charge on any atom is 0.364 e. The van der Waals surface area contributed by atoms with E-state index in [-0.39, 0.29) is 11.9 Å². The van der Waals surface area contributed by atoms with Gasteiger partial charge < -0.3 is 10.6 Å². The highest BCUT2D eigenvalue weighted by atomic mass is 16.2. The van der Waals surface area contributed by atoms with Crippen molar-refractivity contribution < 1.29 is 4.79 Å². The number of nitrogens with one attached hydrogen (secondary N) is 3. The zero-order valence-electron chi connectivity index (χ0n) is 10.8. The highest BCUT2D eigenvalue weighted by Crippen LogP contribution is 2.02. The summed E-state index contributed by atoms with van der Waals surface area (Å²) >= 11 is 0. The number of carbonyl (C=O) groups excluding carboxylic acids is 1. The van der Waals surface area contributed by atoms with Gasteiger partial charge in [0, 0.05) is 19.0 Å². The van der Waals surface area contributed by atoms with E-state index in [4.69, 9.17) is 0 Å². The molecule has 2 heterocycles. The third kappa shape index (κ3) is 3.30. The second-order valence-electron chi connectivity index (χ2n) is 4.42. The molecule has 102 valence electrons. The van der Waals surface area contributed by atoms with E-state index in [1.54, 1.807) is 12.1 Å². The van der Waals surface area contributed by atoms with Gasteiger partial charge in [0.25, 0.3) is 0 Å². The van der Waals surface area contributed by atoms with Crippen molar-refractivity contribution in [3.05, 3.63) is 22.6 Å². The van der Waals surface area contributed by atoms with Crippen LogP contribution in [0, 0.1) is 0 Å². The highest BCUT2D eigenvalue weighted by Gasteiger charge is 2.05. The van der Waals surface area contributed by atoms with Gasteiger partial charge in [-0.1, -0.05) is 0 Å². The number of hydrogen-bond donors (Lipinski definition) is 3. The van der Waals surface area contributed by atoms with Gasteiger partial charge in [-0.25, -0.2) is 9.89 Å². The van der Waals surface area contributed by atoms with E-state index in [2.05, 4.69) is 25.9 Å². The van der Waals surface area contributed by atoms with Crippen LogP contribution in [0.15, 0.2) is 16.9 Å². The summed E-state index contributed by atoms with van der Waals surface area (Å²) in [5, 5.41) is 15.9. The first-order valence-corrected chi connectivity index (χ1v) is 6.04. The average molecular weight is 264 g/mol. The number of carbonyl (C=O) groups is 1. The number of aromatic amines is 1. The molecule has 2 aromatic heterocycles. The lowest BCUT2D eigenvalue weighted by Gasteiger charge is -2.09. The Morgan fingerprint density at radius 3 is 3.00 bits per heavy atom. The van der Waals surface area contributed by atoms with Crippen LogP contribution in [-0.2, 0) is 4.79 Å². The predicted octanol–water partition coefficient (Wildman–Crippen LogP) is -0.256. The summed E-state index contributed by atoms with van der Waals surface area (Å²) in [6.45, 7) is 4.27. The number of anilines is 1. The van der Waals surface area contributed by atoms with E-state index in [0.29, 0.717) is 24.4 Å². The van der Waals surface area contributed by atoms with Crippen molar-refractivity contribution in [1.82, 2.24) is 25.1 Å². The Labute approximate surface area is 109 Å². The summed E-state index contributed by atoms with van der Waals surface area (Å²) in [7, 11) is 0. The molecule has 0 radical (unpaired) electrons. The molecule has 0 spiro atoms. The number of H-pyrrole nitrogens is 1. The molecule has 0 saturated heterocycles. The van der Waals surface area contributed by atoms with E-state index in [1.165, 1.54) is 0 Å². The van der Waals surface area contributed by atoms with Crippen LogP contribution >= 0.6 is 0 Å². The SMILES string of the molecule is CC(C)NC(=O)CCNc1ccc2n[nH]c(=O)n2n1. The molecule has 8 nitrogen and oxygen atoms in total. The Morgan fingerprint density at radius 1 is 1.47 bits per heavy atom. The number of rotatable bonds is 5. The van der Waals surface area contributed by atoms with Crippen LogP contribution in [0.4, 0.5) is 5.82 Å². The number of fused-ring (bicyclic) bond motifs is 1. The van der Waals surface area contributed by atoms with Crippen LogP contribution in [0.2, 0.25) is 0 Å². The quantitative estimate of drug-likeness (QED) is 0.690. The molecule has 19 heavy (non-hydrogen) atoms. The van der Waals surface area contributed by atoms with Crippen molar-refractivity contribution in [3.8, 4) is 0 Å². The lowest BCUT2D eigenvalue weighted by molar-refractivity contribution is -0.121. The van der Waals surface area contributed by atoms with E-state index in [9.17, 15) is 9.59 Å². The van der Waals surface area contributed by atoms with Crippen molar-refractivity contribution in [2.45, 2.75) is 26.3 Å². The second kappa shape index (κ2) is 5.51. The summed E-state index contributed by atoms with van der Waals surface area (Å²) < 4.78 is 1.16. The smallest absolute Gasteiger partial charge is 0.364 e. The Bertz CT molecular complexity index is 629. The zero-order chi connectivity index (χ0) is 13.8. The molecule has 0 aliphatic heterocycles. The third-order valence-corrected chi connectivity index (χ3v) is 2.38. The molecule has 0 atom stereocenters. The lowest BCUT2D eigenvalue weighted by atomic mass is 10.3. The van der Waals surface area contributed by atoms with E-state index in [1.807, 2.05) is 13.8 Å². The standard InChI is InChI=1S/C11H16N6O2/c1-7(2)13-10(18)5-6-12-8-3-4-9-14-15-11(19)17(9)16-8/h3-4,7H,5-6H2,1-2H3,(H,12,16)(H,13,18)(H,15,19). The molecule has 0 aliphatic carbocycles. The lowest BCUT2D eigenvalue weighted by Crippen LogP contribution is -2.31. The van der Waals surface area contributed by atoms with Gasteiger partial charge >= 0.3 is 5.69 Å². The molecule has 0 aliphatic rings. The maximum atomic E-state index is 11.4. The summed E-state index contributed by atoms with van der Waals surface area (Å²) in [5.74, 6) is 0.498. The van der Waals surface area contributed by atoms with Gasteiger partial charge in [0.2, 0.25) is 5.91 Å². The van der Waals surface area contributed by atoms with Gasteiger partial charge in [-0.2, -0.15) is 9.61 Å². The van der Waals surface area contributed by atoms with Crippen LogP contribution in [-0.4, -0.2) is 38.3 Å². The maximum absolute atomic E-state index is 11.4. The van der Waals surface area contributed by atoms with Crippen LogP contribution < -0.4 is 16.3 Å². The van der Waals surface area contributed by atoms with Gasteiger partial charge in [0.15, 0.2) is 5.65 Å². The molecular formula is C11H16N6O2. The van der Waals surface area contributed by atoms with Crippen molar-refractivity contribution in [2.24, 2.45) is 0 Å². The van der Waals surface area contributed by atoms with Crippen molar-refractivity contribution in [3.63, 3.8) is 0 Å². The largest absolute Gasteiger partial charge is 0.368 e. The van der Waals surface area contributed by atoms with Crippen LogP contribution in [0.25, 0.3) is 5.65 Å². The number of nitrogens with zero attached hydrogens (tertiary/aromatic N) is 3. The first kappa shape index (κ1) is 13.1. The number of amides is 1. The third-order valence-electron chi connectivity index (χ3n) is 2.38. The number of hydrogen-bond acceptors (Lipinski definition) is 5. The highest BCUT2D eigenvalue weighted by molar-refractivity contribution is 5.76. The zero-order valence-corrected chi connectivity index (χ0v) is 10.8. The minimum Gasteiger partial charge on any atom is -0.368 e. The van der Waals surface area contributed by atoms with E-state index in [0.717, 1.165) is 4.52 Å². The van der Waals surface area contributed by atoms with Crippen molar-refractivity contribution >= 4 is 17.4 Å². The minimum absolute atomic E-state index is 0.0240.